The van der Waals surface area contributed by atoms with Gasteiger partial charge >= 0.3 is 18.0 Å². The monoisotopic (exact) mass is 401 g/mol. The lowest BCUT2D eigenvalue weighted by molar-refractivity contribution is -0.158. The summed E-state index contributed by atoms with van der Waals surface area (Å²) in [5.74, 6) is -1.01. The van der Waals surface area contributed by atoms with Gasteiger partial charge in [0.25, 0.3) is 0 Å². The molecule has 4 N–H and O–H groups in total. The number of amides is 2. The summed E-state index contributed by atoms with van der Waals surface area (Å²) >= 11 is 0. The molecule has 0 unspecified atom stereocenters. The predicted molar refractivity (Wildman–Crippen MR) is 109 cm³/mol. The average Bonchev–Trinajstić information content (AvgIpc) is 2.48. The molecule has 0 aliphatic rings. The largest absolute Gasteiger partial charge is 0.460 e. The van der Waals surface area contributed by atoms with E-state index >= 15 is 0 Å². The van der Waals surface area contributed by atoms with Gasteiger partial charge in [0, 0.05) is 12.5 Å². The lowest BCUT2D eigenvalue weighted by atomic mass is 10.1. The number of nitrogens with two attached hydrogens (primary N) is 1. The molecule has 0 aromatic heterocycles. The van der Waals surface area contributed by atoms with Crippen molar-refractivity contribution >= 4 is 18.0 Å². The molecule has 0 saturated carbocycles. The van der Waals surface area contributed by atoms with Gasteiger partial charge in [-0.15, -0.1) is 0 Å². The van der Waals surface area contributed by atoms with Crippen LogP contribution in [0.3, 0.4) is 0 Å². The van der Waals surface area contributed by atoms with Crippen molar-refractivity contribution in [2.24, 2.45) is 5.73 Å². The Morgan fingerprint density at radius 2 is 1.46 bits per heavy atom. The summed E-state index contributed by atoms with van der Waals surface area (Å²) in [6, 6.07) is -1.47. The summed E-state index contributed by atoms with van der Waals surface area (Å²) in [4.78, 5) is 36.7. The Morgan fingerprint density at radius 3 is 1.96 bits per heavy atom. The van der Waals surface area contributed by atoms with E-state index in [1.807, 2.05) is 6.92 Å². The predicted octanol–water partition coefficient (Wildman–Crippen LogP) is 2.64. The molecular weight excluding hydrogens is 362 g/mol. The molecule has 28 heavy (non-hydrogen) atoms. The van der Waals surface area contributed by atoms with Crippen LogP contribution >= 0.6 is 0 Å². The molecule has 0 saturated heterocycles. The third-order valence-electron chi connectivity index (χ3n) is 3.52. The summed E-state index contributed by atoms with van der Waals surface area (Å²) in [6.45, 7) is 13.1. The summed E-state index contributed by atoms with van der Waals surface area (Å²) in [6.07, 6.45) is 2.68. The molecule has 2 amide bonds. The van der Waals surface area contributed by atoms with Crippen molar-refractivity contribution in [3.63, 3.8) is 0 Å². The van der Waals surface area contributed by atoms with Gasteiger partial charge in [0.1, 0.15) is 17.2 Å². The van der Waals surface area contributed by atoms with Gasteiger partial charge in [0.05, 0.1) is 0 Å². The Balaban J connectivity index is 4.82. The van der Waals surface area contributed by atoms with E-state index in [9.17, 15) is 14.4 Å². The Hall–Kier alpha value is -1.83. The molecule has 8 nitrogen and oxygen atoms in total. The smallest absolute Gasteiger partial charge is 0.329 e. The van der Waals surface area contributed by atoms with E-state index < -0.39 is 35.2 Å². The SMILES string of the molecule is C[C@H](CCCCN)NC(=O)N[C@H](CCC(=O)OC(C)(C)C)C(=O)OC(C)(C)C. The molecule has 2 atom stereocenters. The average molecular weight is 402 g/mol. The number of unbranched alkanes of at least 4 members (excludes halogenated alkanes) is 1. The number of ether oxygens (including phenoxy) is 2. The summed E-state index contributed by atoms with van der Waals surface area (Å²) in [7, 11) is 0. The van der Waals surface area contributed by atoms with Crippen molar-refractivity contribution in [1.82, 2.24) is 10.6 Å². The Labute approximate surface area is 169 Å². The number of carbonyl (C=O) groups excluding carboxylic acids is 3. The van der Waals surface area contributed by atoms with Gasteiger partial charge in [-0.25, -0.2) is 9.59 Å². The lowest BCUT2D eigenvalue weighted by Gasteiger charge is -2.25. The number of carbonyl (C=O) groups is 3. The molecule has 0 heterocycles. The van der Waals surface area contributed by atoms with Gasteiger partial charge in [-0.3, -0.25) is 4.79 Å². The number of esters is 2. The van der Waals surface area contributed by atoms with Crippen LogP contribution < -0.4 is 16.4 Å². The van der Waals surface area contributed by atoms with Crippen LogP contribution in [-0.2, 0) is 19.1 Å². The summed E-state index contributed by atoms with van der Waals surface area (Å²) in [5, 5.41) is 5.42. The Bertz CT molecular complexity index is 509. The van der Waals surface area contributed by atoms with E-state index in [0.717, 1.165) is 19.3 Å². The maximum Gasteiger partial charge on any atom is 0.329 e. The summed E-state index contributed by atoms with van der Waals surface area (Å²) in [5.41, 5.74) is 4.16. The minimum absolute atomic E-state index is 0.00644. The highest BCUT2D eigenvalue weighted by molar-refractivity contribution is 5.84. The third-order valence-corrected chi connectivity index (χ3v) is 3.52. The number of hydrogen-bond acceptors (Lipinski definition) is 6. The lowest BCUT2D eigenvalue weighted by Crippen LogP contribution is -2.50. The quantitative estimate of drug-likeness (QED) is 0.382. The first-order chi connectivity index (χ1) is 12.7. The molecule has 0 aliphatic heterocycles. The van der Waals surface area contributed by atoms with Crippen LogP contribution in [0, 0.1) is 0 Å². The molecule has 0 aromatic rings. The standard InChI is InChI=1S/C20H39N3O5/c1-14(10-8-9-13-21)22-18(26)23-15(17(25)28-20(5,6)7)11-12-16(24)27-19(2,3)4/h14-15H,8-13,21H2,1-7H3,(H2,22,23,26)/t14-,15-/m1/s1. The molecule has 0 radical (unpaired) electrons. The van der Waals surface area contributed by atoms with Crippen molar-refractivity contribution in [1.29, 1.82) is 0 Å². The second-order valence-corrected chi connectivity index (χ2v) is 9.01. The maximum atomic E-state index is 12.5. The van der Waals surface area contributed by atoms with Gasteiger partial charge in [0.15, 0.2) is 0 Å². The normalized spacial score (nSPS) is 14.0. The van der Waals surface area contributed by atoms with Crippen LogP contribution in [-0.4, -0.2) is 47.8 Å². The van der Waals surface area contributed by atoms with Gasteiger partial charge < -0.3 is 25.8 Å². The van der Waals surface area contributed by atoms with Crippen LogP contribution in [0.2, 0.25) is 0 Å². The van der Waals surface area contributed by atoms with Crippen LogP contribution in [0.4, 0.5) is 4.79 Å². The van der Waals surface area contributed by atoms with Gasteiger partial charge in [-0.2, -0.15) is 0 Å². The molecular formula is C20H39N3O5. The van der Waals surface area contributed by atoms with E-state index in [1.54, 1.807) is 41.5 Å². The number of urea groups is 1. The van der Waals surface area contributed by atoms with E-state index in [4.69, 9.17) is 15.2 Å². The van der Waals surface area contributed by atoms with Gasteiger partial charge in [0.2, 0.25) is 0 Å². The summed E-state index contributed by atoms with van der Waals surface area (Å²) < 4.78 is 10.6. The first-order valence-electron chi connectivity index (χ1n) is 9.95. The minimum atomic E-state index is -0.942. The van der Waals surface area contributed by atoms with E-state index in [2.05, 4.69) is 10.6 Å². The van der Waals surface area contributed by atoms with Crippen molar-refractivity contribution in [2.45, 2.75) is 104 Å². The molecule has 8 heteroatoms. The highest BCUT2D eigenvalue weighted by Crippen LogP contribution is 2.13. The molecule has 0 rings (SSSR count). The van der Waals surface area contributed by atoms with Crippen LogP contribution in [0.15, 0.2) is 0 Å². The number of rotatable bonds is 10. The molecule has 0 aliphatic carbocycles. The molecule has 164 valence electrons. The fourth-order valence-corrected chi connectivity index (χ4v) is 2.37. The Morgan fingerprint density at radius 1 is 0.893 bits per heavy atom. The minimum Gasteiger partial charge on any atom is -0.460 e. The van der Waals surface area contributed by atoms with Crippen LogP contribution in [0.1, 0.15) is 80.6 Å². The fraction of sp³-hybridized carbons (Fsp3) is 0.850. The third kappa shape index (κ3) is 14.3. The van der Waals surface area contributed by atoms with Crippen molar-refractivity contribution < 1.29 is 23.9 Å². The first-order valence-corrected chi connectivity index (χ1v) is 9.95. The highest BCUT2D eigenvalue weighted by Gasteiger charge is 2.28. The molecule has 0 fully saturated rings. The zero-order chi connectivity index (χ0) is 22.0. The highest BCUT2D eigenvalue weighted by atomic mass is 16.6. The second-order valence-electron chi connectivity index (χ2n) is 9.01. The molecule has 0 aromatic carbocycles. The second kappa shape index (κ2) is 11.9. The van der Waals surface area contributed by atoms with Gasteiger partial charge in [-0.05, 0) is 74.3 Å². The van der Waals surface area contributed by atoms with Crippen molar-refractivity contribution in [3.8, 4) is 0 Å². The zero-order valence-corrected chi connectivity index (χ0v) is 18.5. The maximum absolute atomic E-state index is 12.5. The number of hydrogen-bond donors (Lipinski definition) is 3. The van der Waals surface area contributed by atoms with Crippen LogP contribution in [0.5, 0.6) is 0 Å². The van der Waals surface area contributed by atoms with Gasteiger partial charge in [-0.1, -0.05) is 6.42 Å². The van der Waals surface area contributed by atoms with E-state index in [-0.39, 0.29) is 18.9 Å². The zero-order valence-electron chi connectivity index (χ0n) is 18.5. The first kappa shape index (κ1) is 26.2. The Kier molecular flexibility index (Phi) is 11.1. The topological polar surface area (TPSA) is 120 Å². The van der Waals surface area contributed by atoms with Crippen LogP contribution in [0.25, 0.3) is 0 Å². The fourth-order valence-electron chi connectivity index (χ4n) is 2.37. The molecule has 0 bridgehead atoms. The molecule has 0 spiro atoms. The van der Waals surface area contributed by atoms with E-state index in [0.29, 0.717) is 6.54 Å². The van der Waals surface area contributed by atoms with E-state index in [1.165, 1.54) is 0 Å². The number of nitrogens with one attached hydrogen (secondary N) is 2. The van der Waals surface area contributed by atoms with Crippen molar-refractivity contribution in [3.05, 3.63) is 0 Å². The van der Waals surface area contributed by atoms with Crippen molar-refractivity contribution in [2.75, 3.05) is 6.54 Å².